The standard InChI is InChI=1S/C22H36N4O4/c1-14(2)23-22(29)24-18-7-8-19-17(9-18)10-21(28)26(16(4)13-27)11-15(3)20(30-19)12-25(5)6/h7-9,14-16,20,27H,10-13H2,1-6H3,(H2,23,24,29)/t15-,16+,20+/m1/s1. The second-order valence-electron chi connectivity index (χ2n) is 8.73. The molecule has 0 spiro atoms. The lowest BCUT2D eigenvalue weighted by Crippen LogP contribution is -2.47. The van der Waals surface area contributed by atoms with Crippen LogP contribution in [0, 0.1) is 5.92 Å². The molecule has 0 bridgehead atoms. The minimum atomic E-state index is -0.296. The Morgan fingerprint density at radius 2 is 2.03 bits per heavy atom. The highest BCUT2D eigenvalue weighted by atomic mass is 16.5. The molecule has 3 N–H and O–H groups in total. The van der Waals surface area contributed by atoms with Gasteiger partial charge in [0.2, 0.25) is 5.91 Å². The molecule has 2 rings (SSSR count). The zero-order chi connectivity index (χ0) is 22.4. The monoisotopic (exact) mass is 420 g/mol. The van der Waals surface area contributed by atoms with E-state index in [1.54, 1.807) is 17.0 Å². The van der Waals surface area contributed by atoms with Crippen molar-refractivity contribution in [2.24, 2.45) is 5.92 Å². The first-order chi connectivity index (χ1) is 14.1. The van der Waals surface area contributed by atoms with E-state index in [-0.39, 0.29) is 49.1 Å². The van der Waals surface area contributed by atoms with E-state index < -0.39 is 0 Å². The summed E-state index contributed by atoms with van der Waals surface area (Å²) in [5.74, 6) is 0.656. The fourth-order valence-corrected chi connectivity index (χ4v) is 3.51. The lowest BCUT2D eigenvalue weighted by Gasteiger charge is -2.33. The van der Waals surface area contributed by atoms with Crippen LogP contribution in [-0.4, -0.2) is 78.8 Å². The molecule has 0 aromatic heterocycles. The summed E-state index contributed by atoms with van der Waals surface area (Å²) in [6.07, 6.45) is 0.0173. The van der Waals surface area contributed by atoms with Crippen molar-refractivity contribution in [3.63, 3.8) is 0 Å². The molecule has 168 valence electrons. The molecule has 1 aliphatic heterocycles. The summed E-state index contributed by atoms with van der Waals surface area (Å²) in [5.41, 5.74) is 1.32. The first-order valence-electron chi connectivity index (χ1n) is 10.5. The average Bonchev–Trinajstić information content (AvgIpc) is 2.69. The van der Waals surface area contributed by atoms with E-state index >= 15 is 0 Å². The molecule has 3 amide bonds. The van der Waals surface area contributed by atoms with Crippen LogP contribution in [0.15, 0.2) is 18.2 Å². The lowest BCUT2D eigenvalue weighted by atomic mass is 10.0. The number of ether oxygens (including phenoxy) is 1. The fraction of sp³-hybridized carbons (Fsp3) is 0.636. The maximum absolute atomic E-state index is 13.1. The van der Waals surface area contributed by atoms with Gasteiger partial charge < -0.3 is 30.3 Å². The van der Waals surface area contributed by atoms with E-state index in [0.717, 1.165) is 5.56 Å². The van der Waals surface area contributed by atoms with Gasteiger partial charge in [0.05, 0.1) is 19.1 Å². The number of benzene rings is 1. The SMILES string of the molecule is CC(C)NC(=O)Nc1ccc2c(c1)CC(=O)N([C@@H](C)CO)C[C@@H](C)[C@H](CN(C)C)O2. The van der Waals surface area contributed by atoms with Crippen LogP contribution in [0.1, 0.15) is 33.3 Å². The summed E-state index contributed by atoms with van der Waals surface area (Å²) < 4.78 is 6.36. The van der Waals surface area contributed by atoms with Gasteiger partial charge in [-0.15, -0.1) is 0 Å². The average molecular weight is 421 g/mol. The van der Waals surface area contributed by atoms with Gasteiger partial charge in [0.25, 0.3) is 0 Å². The molecule has 3 atom stereocenters. The number of anilines is 1. The number of hydrogen-bond acceptors (Lipinski definition) is 5. The van der Waals surface area contributed by atoms with Gasteiger partial charge >= 0.3 is 6.03 Å². The van der Waals surface area contributed by atoms with E-state index in [9.17, 15) is 14.7 Å². The largest absolute Gasteiger partial charge is 0.488 e. The summed E-state index contributed by atoms with van der Waals surface area (Å²) in [6.45, 7) is 8.80. The maximum Gasteiger partial charge on any atom is 0.319 e. The topological polar surface area (TPSA) is 94.1 Å². The van der Waals surface area contributed by atoms with Crippen molar-refractivity contribution < 1.29 is 19.4 Å². The van der Waals surface area contributed by atoms with Gasteiger partial charge in [0.15, 0.2) is 0 Å². The van der Waals surface area contributed by atoms with E-state index in [1.807, 2.05) is 40.9 Å². The van der Waals surface area contributed by atoms with Crippen LogP contribution >= 0.6 is 0 Å². The number of aliphatic hydroxyl groups is 1. The van der Waals surface area contributed by atoms with Crippen molar-refractivity contribution >= 4 is 17.6 Å². The van der Waals surface area contributed by atoms with E-state index in [0.29, 0.717) is 24.5 Å². The molecular weight excluding hydrogens is 384 g/mol. The van der Waals surface area contributed by atoms with E-state index in [4.69, 9.17) is 4.74 Å². The minimum absolute atomic E-state index is 0.0181. The van der Waals surface area contributed by atoms with E-state index in [1.165, 1.54) is 0 Å². The molecule has 30 heavy (non-hydrogen) atoms. The van der Waals surface area contributed by atoms with Gasteiger partial charge in [-0.1, -0.05) is 6.92 Å². The third kappa shape index (κ3) is 6.60. The van der Waals surface area contributed by atoms with Crippen LogP contribution in [0.2, 0.25) is 0 Å². The number of urea groups is 1. The van der Waals surface area contributed by atoms with Gasteiger partial charge in [-0.3, -0.25) is 4.79 Å². The molecule has 1 aromatic rings. The molecule has 1 aliphatic rings. The van der Waals surface area contributed by atoms with Crippen molar-refractivity contribution in [3.05, 3.63) is 23.8 Å². The molecule has 1 heterocycles. The molecule has 1 aromatic carbocycles. The van der Waals surface area contributed by atoms with Gasteiger partial charge in [0, 0.05) is 36.3 Å². The second-order valence-corrected chi connectivity index (χ2v) is 8.73. The van der Waals surface area contributed by atoms with Gasteiger partial charge in [-0.2, -0.15) is 0 Å². The summed E-state index contributed by atoms with van der Waals surface area (Å²) in [7, 11) is 3.98. The maximum atomic E-state index is 13.1. The van der Waals surface area contributed by atoms with E-state index in [2.05, 4.69) is 22.5 Å². The minimum Gasteiger partial charge on any atom is -0.488 e. The smallest absolute Gasteiger partial charge is 0.319 e. The van der Waals surface area contributed by atoms with Crippen LogP contribution in [0.5, 0.6) is 5.75 Å². The Hall–Kier alpha value is -2.32. The number of carbonyl (C=O) groups is 2. The Morgan fingerprint density at radius 1 is 1.33 bits per heavy atom. The molecule has 0 saturated heterocycles. The van der Waals surface area contributed by atoms with Gasteiger partial charge in [0.1, 0.15) is 11.9 Å². The predicted molar refractivity (Wildman–Crippen MR) is 118 cm³/mol. The highest BCUT2D eigenvalue weighted by Crippen LogP contribution is 2.29. The summed E-state index contributed by atoms with van der Waals surface area (Å²) >= 11 is 0. The van der Waals surface area contributed by atoms with Crippen LogP contribution in [-0.2, 0) is 11.2 Å². The number of rotatable bonds is 6. The third-order valence-corrected chi connectivity index (χ3v) is 5.14. The Labute approximate surface area is 179 Å². The van der Waals surface area contributed by atoms with Crippen molar-refractivity contribution in [1.29, 1.82) is 0 Å². The number of nitrogens with one attached hydrogen (secondary N) is 2. The molecule has 0 saturated carbocycles. The number of amides is 3. The Balaban J connectivity index is 2.37. The first-order valence-corrected chi connectivity index (χ1v) is 10.5. The Bertz CT molecular complexity index is 738. The quantitative estimate of drug-likeness (QED) is 0.654. The van der Waals surface area contributed by atoms with Gasteiger partial charge in [-0.05, 0) is 53.1 Å². The van der Waals surface area contributed by atoms with Crippen molar-refractivity contribution in [2.45, 2.75) is 52.3 Å². The molecule has 8 heteroatoms. The Morgan fingerprint density at radius 3 is 2.63 bits per heavy atom. The Kier molecular flexibility index (Phi) is 8.49. The predicted octanol–water partition coefficient (Wildman–Crippen LogP) is 1.93. The van der Waals surface area contributed by atoms with Crippen LogP contribution < -0.4 is 15.4 Å². The van der Waals surface area contributed by atoms with Crippen LogP contribution in [0.25, 0.3) is 0 Å². The first kappa shape index (κ1) is 24.0. The highest BCUT2D eigenvalue weighted by Gasteiger charge is 2.30. The number of likely N-dealkylation sites (N-methyl/N-ethyl adjacent to an activating group) is 1. The van der Waals surface area contributed by atoms with Crippen molar-refractivity contribution in [1.82, 2.24) is 15.1 Å². The summed E-state index contributed by atoms with van der Waals surface area (Å²) in [4.78, 5) is 28.9. The summed E-state index contributed by atoms with van der Waals surface area (Å²) in [6, 6.07) is 4.83. The summed E-state index contributed by atoms with van der Waals surface area (Å²) in [5, 5.41) is 15.3. The molecule has 0 unspecified atom stereocenters. The number of aliphatic hydroxyl groups excluding tert-OH is 1. The van der Waals surface area contributed by atoms with Crippen LogP contribution in [0.4, 0.5) is 10.5 Å². The number of carbonyl (C=O) groups excluding carboxylic acids is 2. The highest BCUT2D eigenvalue weighted by molar-refractivity contribution is 5.90. The molecule has 0 aliphatic carbocycles. The van der Waals surface area contributed by atoms with Crippen molar-refractivity contribution in [2.75, 3.05) is 39.1 Å². The zero-order valence-corrected chi connectivity index (χ0v) is 18.9. The number of hydrogen-bond donors (Lipinski definition) is 3. The van der Waals surface area contributed by atoms with Crippen LogP contribution in [0.3, 0.4) is 0 Å². The molecule has 0 radical (unpaired) electrons. The normalized spacial score (nSPS) is 20.7. The zero-order valence-electron chi connectivity index (χ0n) is 18.9. The number of fused-ring (bicyclic) bond motifs is 1. The van der Waals surface area contributed by atoms with Crippen molar-refractivity contribution in [3.8, 4) is 5.75 Å². The number of nitrogens with zero attached hydrogens (tertiary/aromatic N) is 2. The lowest BCUT2D eigenvalue weighted by molar-refractivity contribution is -0.134. The molecule has 0 fully saturated rings. The molecular formula is C22H36N4O4. The fourth-order valence-electron chi connectivity index (χ4n) is 3.51. The second kappa shape index (κ2) is 10.6. The van der Waals surface area contributed by atoms with Gasteiger partial charge in [-0.25, -0.2) is 4.79 Å². The third-order valence-electron chi connectivity index (χ3n) is 5.14. The molecule has 8 nitrogen and oxygen atoms in total.